The van der Waals surface area contributed by atoms with Crippen molar-refractivity contribution in [1.29, 1.82) is 0 Å². The highest BCUT2D eigenvalue weighted by Gasteiger charge is 2.21. The fourth-order valence-corrected chi connectivity index (χ4v) is 2.27. The summed E-state index contributed by atoms with van der Waals surface area (Å²) in [4.78, 5) is 14.2. The maximum Gasteiger partial charge on any atom is 0.340 e. The molecule has 0 atom stereocenters. The van der Waals surface area contributed by atoms with Crippen LogP contribution in [0.5, 0.6) is 0 Å². The number of benzene rings is 1. The van der Waals surface area contributed by atoms with Gasteiger partial charge >= 0.3 is 5.97 Å². The van der Waals surface area contributed by atoms with Crippen LogP contribution in [0.15, 0.2) is 18.2 Å². The molecule has 2 rings (SSSR count). The molecule has 1 fully saturated rings. The van der Waals surface area contributed by atoms with E-state index in [0.29, 0.717) is 23.8 Å². The SMILES string of the molecule is CC(C)(C)OC(=O)c1ccc(N2CCOCC2)cc1Cl. The van der Waals surface area contributed by atoms with Gasteiger partial charge in [-0.25, -0.2) is 4.79 Å². The third-order valence-electron chi connectivity index (χ3n) is 2.95. The van der Waals surface area contributed by atoms with E-state index >= 15 is 0 Å². The van der Waals surface area contributed by atoms with Crippen molar-refractivity contribution in [3.05, 3.63) is 28.8 Å². The molecule has 1 heterocycles. The first kappa shape index (κ1) is 15.1. The molecule has 20 heavy (non-hydrogen) atoms. The number of ether oxygens (including phenoxy) is 2. The number of esters is 1. The lowest BCUT2D eigenvalue weighted by Crippen LogP contribution is -2.36. The standard InChI is InChI=1S/C15H20ClNO3/c1-15(2,3)20-14(18)12-5-4-11(10-13(12)16)17-6-8-19-9-7-17/h4-5,10H,6-9H2,1-3H3. The number of anilines is 1. The van der Waals surface area contributed by atoms with Crippen LogP contribution < -0.4 is 4.90 Å². The van der Waals surface area contributed by atoms with E-state index in [1.54, 1.807) is 6.07 Å². The molecule has 0 spiro atoms. The van der Waals surface area contributed by atoms with Crippen LogP contribution in [0.4, 0.5) is 5.69 Å². The zero-order valence-electron chi connectivity index (χ0n) is 12.1. The molecule has 0 bridgehead atoms. The van der Waals surface area contributed by atoms with E-state index < -0.39 is 11.6 Å². The summed E-state index contributed by atoms with van der Waals surface area (Å²) in [6.45, 7) is 8.60. The van der Waals surface area contributed by atoms with Crippen molar-refractivity contribution < 1.29 is 14.3 Å². The molecule has 1 aromatic rings. The molecule has 0 radical (unpaired) electrons. The van der Waals surface area contributed by atoms with Gasteiger partial charge in [0.2, 0.25) is 0 Å². The Morgan fingerprint density at radius 2 is 1.95 bits per heavy atom. The van der Waals surface area contributed by atoms with E-state index in [2.05, 4.69) is 4.90 Å². The Balaban J connectivity index is 2.15. The summed E-state index contributed by atoms with van der Waals surface area (Å²) in [5, 5.41) is 0.420. The van der Waals surface area contributed by atoms with Crippen LogP contribution in [0.1, 0.15) is 31.1 Å². The topological polar surface area (TPSA) is 38.8 Å². The molecule has 0 N–H and O–H groups in total. The maximum atomic E-state index is 12.0. The molecule has 0 amide bonds. The minimum Gasteiger partial charge on any atom is -0.456 e. The van der Waals surface area contributed by atoms with E-state index in [0.717, 1.165) is 18.8 Å². The Bertz CT molecular complexity index is 490. The van der Waals surface area contributed by atoms with E-state index in [9.17, 15) is 4.79 Å². The van der Waals surface area contributed by atoms with Crippen LogP contribution in [0, 0.1) is 0 Å². The molecule has 0 unspecified atom stereocenters. The van der Waals surface area contributed by atoms with E-state index in [1.165, 1.54) is 0 Å². The molecule has 0 saturated carbocycles. The Kier molecular flexibility index (Phi) is 4.55. The Labute approximate surface area is 124 Å². The van der Waals surface area contributed by atoms with Crippen LogP contribution in [0.2, 0.25) is 5.02 Å². The van der Waals surface area contributed by atoms with Gasteiger partial charge in [-0.05, 0) is 39.0 Å². The van der Waals surface area contributed by atoms with Crippen molar-refractivity contribution in [3.63, 3.8) is 0 Å². The average Bonchev–Trinajstić information content (AvgIpc) is 2.37. The summed E-state index contributed by atoms with van der Waals surface area (Å²) in [5.74, 6) is -0.393. The maximum absolute atomic E-state index is 12.0. The molecule has 5 heteroatoms. The molecule has 4 nitrogen and oxygen atoms in total. The third kappa shape index (κ3) is 3.87. The van der Waals surface area contributed by atoms with Gasteiger partial charge in [0.25, 0.3) is 0 Å². The Morgan fingerprint density at radius 1 is 1.30 bits per heavy atom. The number of morpholine rings is 1. The quantitative estimate of drug-likeness (QED) is 0.786. The number of rotatable bonds is 2. The van der Waals surface area contributed by atoms with Gasteiger partial charge in [0.1, 0.15) is 5.60 Å². The van der Waals surface area contributed by atoms with Crippen molar-refractivity contribution >= 4 is 23.3 Å². The normalized spacial score (nSPS) is 16.1. The fourth-order valence-electron chi connectivity index (χ4n) is 2.02. The highest BCUT2D eigenvalue weighted by Crippen LogP contribution is 2.26. The summed E-state index contributed by atoms with van der Waals surface area (Å²) in [5.41, 5.74) is 0.882. The first-order valence-electron chi connectivity index (χ1n) is 6.72. The van der Waals surface area contributed by atoms with Gasteiger partial charge in [0.15, 0.2) is 0 Å². The first-order valence-corrected chi connectivity index (χ1v) is 7.10. The van der Waals surface area contributed by atoms with Gasteiger partial charge in [0.05, 0.1) is 23.8 Å². The minimum absolute atomic E-state index is 0.393. The van der Waals surface area contributed by atoms with E-state index in [-0.39, 0.29) is 0 Å². The van der Waals surface area contributed by atoms with Crippen LogP contribution in [-0.4, -0.2) is 37.9 Å². The monoisotopic (exact) mass is 297 g/mol. The molecule has 110 valence electrons. The third-order valence-corrected chi connectivity index (χ3v) is 3.26. The summed E-state index contributed by atoms with van der Waals surface area (Å²) < 4.78 is 10.7. The van der Waals surface area contributed by atoms with Crippen molar-refractivity contribution in [2.45, 2.75) is 26.4 Å². The van der Waals surface area contributed by atoms with E-state index in [1.807, 2.05) is 32.9 Å². The van der Waals surface area contributed by atoms with Crippen molar-refractivity contribution in [1.82, 2.24) is 0 Å². The van der Waals surface area contributed by atoms with Crippen molar-refractivity contribution in [2.75, 3.05) is 31.2 Å². The highest BCUT2D eigenvalue weighted by atomic mass is 35.5. The number of carbonyl (C=O) groups is 1. The van der Waals surface area contributed by atoms with Crippen LogP contribution in [-0.2, 0) is 9.47 Å². The zero-order valence-corrected chi connectivity index (χ0v) is 12.9. The number of halogens is 1. The van der Waals surface area contributed by atoms with Gasteiger partial charge in [0, 0.05) is 18.8 Å². The van der Waals surface area contributed by atoms with Crippen LogP contribution in [0.25, 0.3) is 0 Å². The van der Waals surface area contributed by atoms with Crippen molar-refractivity contribution in [2.24, 2.45) is 0 Å². The predicted molar refractivity (Wildman–Crippen MR) is 79.7 cm³/mol. The lowest BCUT2D eigenvalue weighted by molar-refractivity contribution is 0.00698. The molecule has 1 saturated heterocycles. The van der Waals surface area contributed by atoms with E-state index in [4.69, 9.17) is 21.1 Å². The summed E-state index contributed by atoms with van der Waals surface area (Å²) in [7, 11) is 0. The smallest absolute Gasteiger partial charge is 0.340 e. The number of hydrogen-bond acceptors (Lipinski definition) is 4. The average molecular weight is 298 g/mol. The van der Waals surface area contributed by atoms with Gasteiger partial charge in [-0.3, -0.25) is 0 Å². The lowest BCUT2D eigenvalue weighted by atomic mass is 10.1. The molecule has 0 aliphatic carbocycles. The van der Waals surface area contributed by atoms with Crippen molar-refractivity contribution in [3.8, 4) is 0 Å². The molecular formula is C15H20ClNO3. The van der Waals surface area contributed by atoms with Gasteiger partial charge in [-0.2, -0.15) is 0 Å². The number of nitrogens with zero attached hydrogens (tertiary/aromatic N) is 1. The minimum atomic E-state index is -0.525. The molecule has 1 aliphatic heterocycles. The number of carbonyl (C=O) groups excluding carboxylic acids is 1. The second-order valence-electron chi connectivity index (χ2n) is 5.77. The van der Waals surface area contributed by atoms with Gasteiger partial charge in [-0.1, -0.05) is 11.6 Å². The van der Waals surface area contributed by atoms with Crippen LogP contribution >= 0.6 is 11.6 Å². The van der Waals surface area contributed by atoms with Crippen LogP contribution in [0.3, 0.4) is 0 Å². The second kappa shape index (κ2) is 6.02. The summed E-state index contributed by atoms with van der Waals surface area (Å²) >= 11 is 6.21. The molecule has 1 aromatic carbocycles. The fraction of sp³-hybridized carbons (Fsp3) is 0.533. The largest absolute Gasteiger partial charge is 0.456 e. The molecule has 0 aromatic heterocycles. The zero-order chi connectivity index (χ0) is 14.8. The second-order valence-corrected chi connectivity index (χ2v) is 6.17. The molecular weight excluding hydrogens is 278 g/mol. The Hall–Kier alpha value is -1.26. The van der Waals surface area contributed by atoms with Gasteiger partial charge in [-0.15, -0.1) is 0 Å². The summed E-state index contributed by atoms with van der Waals surface area (Å²) in [6, 6.07) is 5.43. The summed E-state index contributed by atoms with van der Waals surface area (Å²) in [6.07, 6.45) is 0. The van der Waals surface area contributed by atoms with Gasteiger partial charge < -0.3 is 14.4 Å². The molecule has 1 aliphatic rings. The Morgan fingerprint density at radius 3 is 2.50 bits per heavy atom. The predicted octanol–water partition coefficient (Wildman–Crippen LogP) is 3.13. The first-order chi connectivity index (χ1) is 9.37. The highest BCUT2D eigenvalue weighted by molar-refractivity contribution is 6.33. The number of hydrogen-bond donors (Lipinski definition) is 0. The lowest BCUT2D eigenvalue weighted by Gasteiger charge is -2.29.